The van der Waals surface area contributed by atoms with Crippen LogP contribution in [0.25, 0.3) is 0 Å². The van der Waals surface area contributed by atoms with E-state index in [-0.39, 0.29) is 23.9 Å². The van der Waals surface area contributed by atoms with E-state index in [1.54, 1.807) is 0 Å². The SMILES string of the molecule is CC#CC[C@H](C)[C@H](O)C=C[C@@H]1[C@H]2c3cccc(CCCC)c3O[C@H]2C[C@H]1O.CCCCNCCCC. The minimum Gasteiger partial charge on any atom is -0.489 e. The lowest BCUT2D eigenvalue weighted by molar-refractivity contribution is 0.134. The molecule has 202 valence electrons. The number of unbranched alkanes of at least 4 members (excludes halogenated alkanes) is 3. The van der Waals surface area contributed by atoms with Gasteiger partial charge < -0.3 is 20.3 Å². The molecular formula is C32H51NO3. The normalized spacial score (nSPS) is 23.6. The summed E-state index contributed by atoms with van der Waals surface area (Å²) >= 11 is 0. The predicted molar refractivity (Wildman–Crippen MR) is 151 cm³/mol. The number of aliphatic hydroxyl groups excluding tert-OH is 2. The molecule has 1 fully saturated rings. The number of aryl methyl sites for hydroxylation is 1. The molecule has 0 radical (unpaired) electrons. The summed E-state index contributed by atoms with van der Waals surface area (Å²) in [5, 5.41) is 24.4. The Hall–Kier alpha value is -1.80. The quantitative estimate of drug-likeness (QED) is 0.168. The monoisotopic (exact) mass is 497 g/mol. The Morgan fingerprint density at radius 3 is 2.44 bits per heavy atom. The maximum atomic E-state index is 10.6. The average molecular weight is 498 g/mol. The fourth-order valence-corrected chi connectivity index (χ4v) is 5.08. The van der Waals surface area contributed by atoms with E-state index in [2.05, 4.69) is 56.1 Å². The Morgan fingerprint density at radius 2 is 1.81 bits per heavy atom. The van der Waals surface area contributed by atoms with Gasteiger partial charge in [0.1, 0.15) is 11.9 Å². The number of para-hydroxylation sites is 1. The van der Waals surface area contributed by atoms with Crippen LogP contribution in [0.3, 0.4) is 0 Å². The van der Waals surface area contributed by atoms with Crippen molar-refractivity contribution < 1.29 is 14.9 Å². The summed E-state index contributed by atoms with van der Waals surface area (Å²) in [7, 11) is 0. The summed E-state index contributed by atoms with van der Waals surface area (Å²) in [6, 6.07) is 6.42. The average Bonchev–Trinajstić information content (AvgIpc) is 3.39. The van der Waals surface area contributed by atoms with E-state index in [1.807, 2.05) is 26.0 Å². The topological polar surface area (TPSA) is 61.7 Å². The van der Waals surface area contributed by atoms with Gasteiger partial charge in [0, 0.05) is 30.2 Å². The summed E-state index contributed by atoms with van der Waals surface area (Å²) in [6.45, 7) is 12.9. The molecule has 1 aromatic carbocycles. The fourth-order valence-electron chi connectivity index (χ4n) is 5.08. The second-order valence-electron chi connectivity index (χ2n) is 10.4. The van der Waals surface area contributed by atoms with Crippen LogP contribution in [0.1, 0.15) is 103 Å². The summed E-state index contributed by atoms with van der Waals surface area (Å²) in [4.78, 5) is 0. The van der Waals surface area contributed by atoms with Crippen molar-refractivity contribution in [3.8, 4) is 17.6 Å². The molecule has 4 heteroatoms. The van der Waals surface area contributed by atoms with E-state index in [9.17, 15) is 10.2 Å². The Kier molecular flexibility index (Phi) is 14.2. The van der Waals surface area contributed by atoms with Gasteiger partial charge >= 0.3 is 0 Å². The molecule has 0 unspecified atom stereocenters. The zero-order chi connectivity index (χ0) is 26.3. The van der Waals surface area contributed by atoms with Crippen LogP contribution in [0, 0.1) is 23.7 Å². The zero-order valence-electron chi connectivity index (χ0n) is 23.4. The van der Waals surface area contributed by atoms with Crippen molar-refractivity contribution in [3.05, 3.63) is 41.5 Å². The van der Waals surface area contributed by atoms with Gasteiger partial charge in [0.05, 0.1) is 12.2 Å². The zero-order valence-corrected chi connectivity index (χ0v) is 23.4. The van der Waals surface area contributed by atoms with Crippen molar-refractivity contribution in [2.45, 2.75) is 117 Å². The molecule has 1 aliphatic heterocycles. The molecule has 4 nitrogen and oxygen atoms in total. The van der Waals surface area contributed by atoms with Gasteiger partial charge in [0.25, 0.3) is 0 Å². The summed E-state index contributed by atoms with van der Waals surface area (Å²) in [5.41, 5.74) is 2.51. The van der Waals surface area contributed by atoms with Crippen LogP contribution in [0.2, 0.25) is 0 Å². The van der Waals surface area contributed by atoms with Crippen LogP contribution < -0.4 is 10.1 Å². The molecule has 0 bridgehead atoms. The number of nitrogens with one attached hydrogen (secondary N) is 1. The number of rotatable bonds is 13. The van der Waals surface area contributed by atoms with Crippen molar-refractivity contribution in [1.82, 2.24) is 5.32 Å². The first-order valence-corrected chi connectivity index (χ1v) is 14.4. The second-order valence-corrected chi connectivity index (χ2v) is 10.4. The molecule has 1 saturated carbocycles. The van der Waals surface area contributed by atoms with E-state index in [0.29, 0.717) is 12.8 Å². The van der Waals surface area contributed by atoms with Crippen LogP contribution in [0.5, 0.6) is 5.75 Å². The van der Waals surface area contributed by atoms with Gasteiger partial charge in [-0.05, 0) is 57.2 Å². The van der Waals surface area contributed by atoms with Gasteiger partial charge in [-0.3, -0.25) is 0 Å². The third kappa shape index (κ3) is 8.94. The lowest BCUT2D eigenvalue weighted by atomic mass is 9.86. The number of hydrogen-bond donors (Lipinski definition) is 3. The maximum Gasteiger partial charge on any atom is 0.126 e. The standard InChI is InChI=1S/C24H32O3.C8H19N/c1-4-6-9-16(3)20(25)14-13-18-21(26)15-22-23(18)19-12-8-11-17(10-7-5-2)24(19)27-22;1-3-5-7-9-8-6-4-2/h8,11-14,16,18,20-23,25-26H,5,7,9-10,15H2,1-3H3;9H,3-8H2,1-2H3/t16-,18-,20+,21+,22-,23-;/m0./s1. The van der Waals surface area contributed by atoms with E-state index in [0.717, 1.165) is 18.6 Å². The second kappa shape index (κ2) is 16.8. The maximum absolute atomic E-state index is 10.6. The number of fused-ring (bicyclic) bond motifs is 3. The van der Waals surface area contributed by atoms with Gasteiger partial charge in [0.2, 0.25) is 0 Å². The van der Waals surface area contributed by atoms with Crippen molar-refractivity contribution >= 4 is 0 Å². The van der Waals surface area contributed by atoms with Crippen LogP contribution in [-0.2, 0) is 6.42 Å². The Morgan fingerprint density at radius 1 is 1.11 bits per heavy atom. The highest BCUT2D eigenvalue weighted by Gasteiger charge is 2.48. The first-order valence-electron chi connectivity index (χ1n) is 14.4. The van der Waals surface area contributed by atoms with Gasteiger partial charge in [-0.2, -0.15) is 0 Å². The highest BCUT2D eigenvalue weighted by molar-refractivity contribution is 5.49. The predicted octanol–water partition coefficient (Wildman–Crippen LogP) is 6.40. The molecule has 0 aromatic heterocycles. The molecule has 0 spiro atoms. The highest BCUT2D eigenvalue weighted by Crippen LogP contribution is 2.52. The minimum atomic E-state index is -0.546. The van der Waals surface area contributed by atoms with E-state index in [1.165, 1.54) is 56.3 Å². The summed E-state index contributed by atoms with van der Waals surface area (Å²) < 4.78 is 6.29. The molecule has 0 amide bonds. The van der Waals surface area contributed by atoms with Crippen LogP contribution >= 0.6 is 0 Å². The van der Waals surface area contributed by atoms with Crippen LogP contribution in [0.4, 0.5) is 0 Å². The van der Waals surface area contributed by atoms with Crippen LogP contribution in [0.15, 0.2) is 30.4 Å². The van der Waals surface area contributed by atoms with Crippen molar-refractivity contribution in [2.75, 3.05) is 13.1 Å². The van der Waals surface area contributed by atoms with Gasteiger partial charge in [-0.1, -0.05) is 77.3 Å². The van der Waals surface area contributed by atoms with E-state index in [4.69, 9.17) is 4.74 Å². The lowest BCUT2D eigenvalue weighted by Gasteiger charge is -2.19. The van der Waals surface area contributed by atoms with Gasteiger partial charge in [-0.25, -0.2) is 0 Å². The highest BCUT2D eigenvalue weighted by atomic mass is 16.5. The molecule has 3 N–H and O–H groups in total. The molecule has 6 atom stereocenters. The molecule has 0 saturated heterocycles. The molecule has 3 rings (SSSR count). The Labute approximate surface area is 220 Å². The van der Waals surface area contributed by atoms with E-state index < -0.39 is 12.2 Å². The lowest BCUT2D eigenvalue weighted by Crippen LogP contribution is -2.19. The van der Waals surface area contributed by atoms with Crippen molar-refractivity contribution in [3.63, 3.8) is 0 Å². The fraction of sp³-hybridized carbons (Fsp3) is 0.688. The summed E-state index contributed by atoms with van der Waals surface area (Å²) in [6.07, 6.45) is 12.9. The number of ether oxygens (including phenoxy) is 1. The van der Waals surface area contributed by atoms with Gasteiger partial charge in [-0.15, -0.1) is 11.8 Å². The Balaban J connectivity index is 0.000000434. The molecule has 36 heavy (non-hydrogen) atoms. The smallest absolute Gasteiger partial charge is 0.126 e. The third-order valence-corrected chi connectivity index (χ3v) is 7.42. The first kappa shape index (κ1) is 30.4. The molecule has 1 aliphatic carbocycles. The first-order chi connectivity index (χ1) is 17.5. The third-order valence-electron chi connectivity index (χ3n) is 7.42. The van der Waals surface area contributed by atoms with E-state index >= 15 is 0 Å². The number of benzene rings is 1. The molecule has 1 heterocycles. The molecular weight excluding hydrogens is 446 g/mol. The largest absolute Gasteiger partial charge is 0.489 e. The summed E-state index contributed by atoms with van der Waals surface area (Å²) in [5.74, 6) is 7.18. The number of aliphatic hydroxyl groups is 2. The van der Waals surface area contributed by atoms with Gasteiger partial charge in [0.15, 0.2) is 0 Å². The number of hydrogen-bond acceptors (Lipinski definition) is 4. The van der Waals surface area contributed by atoms with Crippen LogP contribution in [-0.4, -0.2) is 41.6 Å². The minimum absolute atomic E-state index is 0.0169. The van der Waals surface area contributed by atoms with Crippen molar-refractivity contribution in [2.24, 2.45) is 11.8 Å². The molecule has 2 aliphatic rings. The molecule has 1 aromatic rings. The van der Waals surface area contributed by atoms with Crippen molar-refractivity contribution in [1.29, 1.82) is 0 Å². The Bertz CT molecular complexity index is 834.